The molecule has 15 nitrogen and oxygen atoms in total. The maximum atomic E-state index is 13.5. The fraction of sp³-hybridized carbons (Fsp3) is 0.436. The molecule has 2 saturated heterocycles. The quantitative estimate of drug-likeness (QED) is 0.111. The summed E-state index contributed by atoms with van der Waals surface area (Å²) < 4.78 is 10.9. The molecule has 54 heavy (non-hydrogen) atoms. The number of alkyl carbamates (subject to hydrolysis) is 1. The Morgan fingerprint density at radius 1 is 0.722 bits per heavy atom. The van der Waals surface area contributed by atoms with Crippen molar-refractivity contribution < 1.29 is 33.8 Å². The fourth-order valence-corrected chi connectivity index (χ4v) is 7.18. The van der Waals surface area contributed by atoms with E-state index in [1.165, 1.54) is 7.11 Å². The number of methoxy groups -OCH3 is 1. The van der Waals surface area contributed by atoms with Gasteiger partial charge in [0.15, 0.2) is 0 Å². The minimum Gasteiger partial charge on any atom is -0.465 e. The molecule has 0 radical (unpaired) electrons. The molecular weight excluding hydrogens is 692 g/mol. The summed E-state index contributed by atoms with van der Waals surface area (Å²) >= 11 is 0. The highest BCUT2D eigenvalue weighted by atomic mass is 16.5. The van der Waals surface area contributed by atoms with Crippen molar-refractivity contribution in [2.24, 2.45) is 11.8 Å². The SMILES string of the molecule is COC(=O)NC(C(=O)N1CCCC1c1ncc(-c2ccc(Oc3ccc(-c4cnc(C5CCCN5C(=O)C(NC(=O)O)C(C)C)[nH]4)cc3)cc2)[nH]1)C(C)C. The molecule has 6 rings (SSSR count). The number of likely N-dealkylation sites (tertiary alicyclic amines) is 2. The lowest BCUT2D eigenvalue weighted by Gasteiger charge is -2.30. The van der Waals surface area contributed by atoms with Crippen molar-refractivity contribution in [3.63, 3.8) is 0 Å². The molecule has 2 fully saturated rings. The van der Waals surface area contributed by atoms with Gasteiger partial charge in [-0.25, -0.2) is 19.6 Å². The predicted molar refractivity (Wildman–Crippen MR) is 199 cm³/mol. The molecule has 0 bridgehead atoms. The zero-order valence-electron chi connectivity index (χ0n) is 31.2. The maximum absolute atomic E-state index is 13.5. The third kappa shape index (κ3) is 8.35. The lowest BCUT2D eigenvalue weighted by Crippen LogP contribution is -2.51. The number of rotatable bonds is 12. The van der Waals surface area contributed by atoms with Crippen LogP contribution in [-0.4, -0.2) is 91.1 Å². The molecule has 0 saturated carbocycles. The number of benzene rings is 2. The zero-order chi connectivity index (χ0) is 38.5. The van der Waals surface area contributed by atoms with Crippen LogP contribution in [0.5, 0.6) is 11.5 Å². The van der Waals surface area contributed by atoms with E-state index >= 15 is 0 Å². The Morgan fingerprint density at radius 3 is 1.54 bits per heavy atom. The first-order valence-corrected chi connectivity index (χ1v) is 18.4. The number of hydrogen-bond acceptors (Lipinski definition) is 8. The van der Waals surface area contributed by atoms with E-state index in [2.05, 4.69) is 30.6 Å². The minimum absolute atomic E-state index is 0.114. The highest BCUT2D eigenvalue weighted by Gasteiger charge is 2.39. The van der Waals surface area contributed by atoms with E-state index in [-0.39, 0.29) is 35.7 Å². The number of carbonyl (C=O) groups is 4. The van der Waals surface area contributed by atoms with E-state index < -0.39 is 24.3 Å². The Kier molecular flexibility index (Phi) is 11.5. The molecular formula is C39H48N8O7. The van der Waals surface area contributed by atoms with Crippen LogP contribution in [0.1, 0.15) is 77.1 Å². The summed E-state index contributed by atoms with van der Waals surface area (Å²) in [5.41, 5.74) is 3.42. The first kappa shape index (κ1) is 37.9. The Bertz CT molecular complexity index is 1940. The van der Waals surface area contributed by atoms with Crippen LogP contribution in [0.4, 0.5) is 9.59 Å². The molecule has 4 atom stereocenters. The first-order valence-electron chi connectivity index (χ1n) is 18.4. The summed E-state index contributed by atoms with van der Waals surface area (Å²) in [7, 11) is 1.28. The molecule has 15 heteroatoms. The van der Waals surface area contributed by atoms with Crippen molar-refractivity contribution in [1.82, 2.24) is 40.4 Å². The average molecular weight is 741 g/mol. The van der Waals surface area contributed by atoms with E-state index in [0.29, 0.717) is 36.2 Å². The first-order chi connectivity index (χ1) is 25.9. The Balaban J connectivity index is 1.07. The van der Waals surface area contributed by atoms with Crippen molar-refractivity contribution in [2.45, 2.75) is 77.5 Å². The summed E-state index contributed by atoms with van der Waals surface area (Å²) in [6, 6.07) is 13.3. The van der Waals surface area contributed by atoms with Gasteiger partial charge in [-0.2, -0.15) is 0 Å². The molecule has 2 aliphatic rings. The number of nitrogens with one attached hydrogen (secondary N) is 4. The van der Waals surface area contributed by atoms with Crippen molar-refractivity contribution in [1.29, 1.82) is 0 Å². The number of aromatic amines is 2. The summed E-state index contributed by atoms with van der Waals surface area (Å²) in [4.78, 5) is 69.6. The monoisotopic (exact) mass is 740 g/mol. The van der Waals surface area contributed by atoms with Gasteiger partial charge in [-0.1, -0.05) is 27.7 Å². The number of nitrogens with zero attached hydrogens (tertiary/aromatic N) is 4. The van der Waals surface area contributed by atoms with Gasteiger partial charge >= 0.3 is 12.2 Å². The number of carbonyl (C=O) groups excluding carboxylic acids is 3. The van der Waals surface area contributed by atoms with Gasteiger partial charge in [0, 0.05) is 13.1 Å². The number of ether oxygens (including phenoxy) is 2. The largest absolute Gasteiger partial charge is 0.465 e. The zero-order valence-corrected chi connectivity index (χ0v) is 31.2. The van der Waals surface area contributed by atoms with Gasteiger partial charge in [0.25, 0.3) is 0 Å². The van der Waals surface area contributed by atoms with Gasteiger partial charge in [0.1, 0.15) is 35.2 Å². The Morgan fingerprint density at radius 2 is 1.15 bits per heavy atom. The smallest absolute Gasteiger partial charge is 0.407 e. The van der Waals surface area contributed by atoms with Crippen LogP contribution >= 0.6 is 0 Å². The Hall–Kier alpha value is -5.86. The van der Waals surface area contributed by atoms with Crippen molar-refractivity contribution in [3.05, 3.63) is 72.6 Å². The number of hydrogen-bond donors (Lipinski definition) is 5. The topological polar surface area (TPSA) is 195 Å². The fourth-order valence-electron chi connectivity index (χ4n) is 7.18. The van der Waals surface area contributed by atoms with E-state index in [4.69, 9.17) is 9.47 Å². The second-order valence-corrected chi connectivity index (χ2v) is 14.4. The van der Waals surface area contributed by atoms with Gasteiger partial charge in [-0.05, 0) is 97.2 Å². The third-order valence-electron chi connectivity index (χ3n) is 10.1. The third-order valence-corrected chi connectivity index (χ3v) is 10.1. The number of carboxylic acid groups (broad SMARTS) is 1. The molecule has 0 spiro atoms. The van der Waals surface area contributed by atoms with Crippen LogP contribution in [0.3, 0.4) is 0 Å². The number of aromatic nitrogens is 4. The Labute approximate surface area is 313 Å². The van der Waals surface area contributed by atoms with Crippen LogP contribution in [0.15, 0.2) is 60.9 Å². The summed E-state index contributed by atoms with van der Waals surface area (Å²) in [6.45, 7) is 8.54. The van der Waals surface area contributed by atoms with E-state index in [1.807, 2.05) is 76.2 Å². The van der Waals surface area contributed by atoms with E-state index in [0.717, 1.165) is 48.2 Å². The highest BCUT2D eigenvalue weighted by Crippen LogP contribution is 2.35. The number of imidazole rings is 2. The molecule has 4 unspecified atom stereocenters. The van der Waals surface area contributed by atoms with Crippen molar-refractivity contribution in [2.75, 3.05) is 20.2 Å². The van der Waals surface area contributed by atoms with Gasteiger partial charge in [-0.3, -0.25) is 9.59 Å². The van der Waals surface area contributed by atoms with Crippen LogP contribution in [-0.2, 0) is 14.3 Å². The molecule has 4 amide bonds. The molecule has 2 aliphatic heterocycles. The van der Waals surface area contributed by atoms with Gasteiger partial charge in [0.2, 0.25) is 11.8 Å². The van der Waals surface area contributed by atoms with Gasteiger partial charge < -0.3 is 45.0 Å². The van der Waals surface area contributed by atoms with Crippen LogP contribution in [0, 0.1) is 11.8 Å². The summed E-state index contributed by atoms with van der Waals surface area (Å²) in [6.07, 6.45) is 4.80. The normalized spacial score (nSPS) is 18.1. The molecule has 4 heterocycles. The number of amides is 4. The van der Waals surface area contributed by atoms with Gasteiger partial charge in [0.05, 0.1) is 43.0 Å². The lowest BCUT2D eigenvalue weighted by atomic mass is 10.0. The lowest BCUT2D eigenvalue weighted by molar-refractivity contribution is -0.136. The predicted octanol–water partition coefficient (Wildman–Crippen LogP) is 6.26. The summed E-state index contributed by atoms with van der Waals surface area (Å²) in [5, 5.41) is 14.3. The minimum atomic E-state index is -1.22. The molecule has 2 aromatic carbocycles. The maximum Gasteiger partial charge on any atom is 0.407 e. The van der Waals surface area contributed by atoms with Crippen LogP contribution < -0.4 is 15.4 Å². The molecule has 286 valence electrons. The van der Waals surface area contributed by atoms with Gasteiger partial charge in [-0.15, -0.1) is 0 Å². The molecule has 5 N–H and O–H groups in total. The average Bonchev–Trinajstić information content (AvgIpc) is 3.99. The molecule has 0 aliphatic carbocycles. The number of H-pyrrole nitrogens is 2. The second-order valence-electron chi connectivity index (χ2n) is 14.4. The van der Waals surface area contributed by atoms with Crippen molar-refractivity contribution in [3.8, 4) is 34.0 Å². The highest BCUT2D eigenvalue weighted by molar-refractivity contribution is 5.87. The molecule has 4 aromatic rings. The second kappa shape index (κ2) is 16.4. The van der Waals surface area contributed by atoms with Crippen molar-refractivity contribution >= 4 is 24.0 Å². The van der Waals surface area contributed by atoms with Crippen LogP contribution in [0.25, 0.3) is 22.5 Å². The van der Waals surface area contributed by atoms with E-state index in [9.17, 15) is 24.3 Å². The molecule has 2 aromatic heterocycles. The van der Waals surface area contributed by atoms with E-state index in [1.54, 1.807) is 22.2 Å². The van der Waals surface area contributed by atoms with Crippen LogP contribution in [0.2, 0.25) is 0 Å². The summed E-state index contributed by atoms with van der Waals surface area (Å²) in [5.74, 6) is 1.97. The standard InChI is InChI=1S/C39H48N8O7/c1-22(2)32(44-38(50)51)36(48)46-18-6-8-30(46)34-40-20-28(42-34)24-10-14-26(15-11-24)54-27-16-12-25(13-17-27)29-21-41-35(43-29)31-9-7-19-47(31)37(49)33(23(3)4)45-39(52)53-5/h10-17,20-23,30-33,44H,6-9,18-19H2,1-5H3,(H,40,42)(H,41,43)(H,45,52)(H,50,51).